The van der Waals surface area contributed by atoms with Crippen LogP contribution in [0.15, 0.2) is 18.2 Å². The first kappa shape index (κ1) is 20.6. The SMILES string of the molecule is C1CCCCC1.O=C(O)Nc1ccc2nc([C@H]3C[C@@H](N4CCCCC4)C3)sc2c1. The van der Waals surface area contributed by atoms with E-state index in [-0.39, 0.29) is 0 Å². The zero-order valence-electron chi connectivity index (χ0n) is 17.2. The summed E-state index contributed by atoms with van der Waals surface area (Å²) in [7, 11) is 0. The van der Waals surface area contributed by atoms with Gasteiger partial charge in [-0.25, -0.2) is 9.78 Å². The lowest BCUT2D eigenvalue weighted by molar-refractivity contribution is 0.0888. The number of carbonyl (C=O) groups is 1. The molecule has 1 aromatic carbocycles. The summed E-state index contributed by atoms with van der Waals surface area (Å²) >= 11 is 1.71. The van der Waals surface area contributed by atoms with Crippen molar-refractivity contribution < 1.29 is 9.90 Å². The number of amides is 1. The lowest BCUT2D eigenvalue weighted by Crippen LogP contribution is -2.46. The smallest absolute Gasteiger partial charge is 0.409 e. The van der Waals surface area contributed by atoms with Crippen molar-refractivity contribution in [3.8, 4) is 0 Å². The molecule has 1 saturated heterocycles. The molecular weight excluding hydrogens is 382 g/mol. The number of hydrogen-bond donors (Lipinski definition) is 2. The van der Waals surface area contributed by atoms with E-state index in [4.69, 9.17) is 10.1 Å². The Morgan fingerprint density at radius 2 is 1.62 bits per heavy atom. The van der Waals surface area contributed by atoms with Gasteiger partial charge in [-0.05, 0) is 57.0 Å². The zero-order valence-corrected chi connectivity index (χ0v) is 18.1. The second kappa shape index (κ2) is 9.90. The van der Waals surface area contributed by atoms with E-state index in [1.165, 1.54) is 88.7 Å². The first-order valence-corrected chi connectivity index (χ1v) is 12.2. The molecule has 2 N–H and O–H groups in total. The maximum atomic E-state index is 10.7. The van der Waals surface area contributed by atoms with Crippen LogP contribution in [0.1, 0.15) is 81.6 Å². The van der Waals surface area contributed by atoms with Crippen molar-refractivity contribution in [1.82, 2.24) is 9.88 Å². The fourth-order valence-electron chi connectivity index (χ4n) is 4.75. The normalized spacial score (nSPS) is 25.0. The van der Waals surface area contributed by atoms with Crippen molar-refractivity contribution in [2.24, 2.45) is 0 Å². The molecule has 29 heavy (non-hydrogen) atoms. The van der Waals surface area contributed by atoms with E-state index in [9.17, 15) is 4.79 Å². The van der Waals surface area contributed by atoms with Gasteiger partial charge in [0.2, 0.25) is 0 Å². The third kappa shape index (κ3) is 5.48. The fraction of sp³-hybridized carbons (Fsp3) is 0.652. The average molecular weight is 416 g/mol. The van der Waals surface area contributed by atoms with Crippen molar-refractivity contribution in [3.63, 3.8) is 0 Å². The zero-order chi connectivity index (χ0) is 20.1. The summed E-state index contributed by atoms with van der Waals surface area (Å²) in [4.78, 5) is 18.1. The second-order valence-electron chi connectivity index (χ2n) is 8.70. The topological polar surface area (TPSA) is 65.5 Å². The maximum Gasteiger partial charge on any atom is 0.409 e. The first-order chi connectivity index (χ1) is 14.2. The van der Waals surface area contributed by atoms with E-state index in [2.05, 4.69) is 10.2 Å². The summed E-state index contributed by atoms with van der Waals surface area (Å²) in [5, 5.41) is 12.4. The largest absolute Gasteiger partial charge is 0.465 e. The molecule has 2 aromatic rings. The van der Waals surface area contributed by atoms with Gasteiger partial charge in [-0.15, -0.1) is 11.3 Å². The number of hydrogen-bond acceptors (Lipinski definition) is 4. The highest BCUT2D eigenvalue weighted by molar-refractivity contribution is 7.18. The molecule has 5 rings (SSSR count). The highest BCUT2D eigenvalue weighted by atomic mass is 32.1. The number of nitrogens with zero attached hydrogens (tertiary/aromatic N) is 2. The number of carboxylic acid groups (broad SMARTS) is 1. The van der Waals surface area contributed by atoms with E-state index in [0.29, 0.717) is 11.6 Å². The summed E-state index contributed by atoms with van der Waals surface area (Å²) in [5.74, 6) is 0.579. The Morgan fingerprint density at radius 1 is 1.00 bits per heavy atom. The van der Waals surface area contributed by atoms with Gasteiger partial charge in [0.25, 0.3) is 0 Å². The van der Waals surface area contributed by atoms with Crippen LogP contribution in [-0.2, 0) is 0 Å². The maximum absolute atomic E-state index is 10.7. The minimum absolute atomic E-state index is 0.579. The monoisotopic (exact) mass is 415 g/mol. The van der Waals surface area contributed by atoms with Crippen LogP contribution in [0.25, 0.3) is 10.2 Å². The number of rotatable bonds is 3. The fourth-order valence-corrected chi connectivity index (χ4v) is 5.88. The average Bonchev–Trinajstić information content (AvgIpc) is 3.12. The highest BCUT2D eigenvalue weighted by Crippen LogP contribution is 2.43. The molecule has 158 valence electrons. The lowest BCUT2D eigenvalue weighted by atomic mass is 9.79. The van der Waals surface area contributed by atoms with Crippen LogP contribution in [0.4, 0.5) is 10.5 Å². The number of thiazole rings is 1. The minimum atomic E-state index is -1.03. The molecule has 2 saturated carbocycles. The van der Waals surface area contributed by atoms with Crippen LogP contribution in [0.3, 0.4) is 0 Å². The molecule has 6 heteroatoms. The molecule has 1 aromatic heterocycles. The van der Waals surface area contributed by atoms with Crippen LogP contribution < -0.4 is 5.32 Å². The van der Waals surface area contributed by atoms with Crippen molar-refractivity contribution in [1.29, 1.82) is 0 Å². The van der Waals surface area contributed by atoms with E-state index >= 15 is 0 Å². The highest BCUT2D eigenvalue weighted by Gasteiger charge is 2.36. The third-order valence-corrected chi connectivity index (χ3v) is 7.71. The van der Waals surface area contributed by atoms with Gasteiger partial charge in [-0.3, -0.25) is 5.32 Å². The van der Waals surface area contributed by atoms with Crippen LogP contribution in [0, 0.1) is 0 Å². The van der Waals surface area contributed by atoms with Gasteiger partial charge in [0.05, 0.1) is 15.2 Å². The quantitative estimate of drug-likeness (QED) is 0.604. The summed E-state index contributed by atoms with van der Waals surface area (Å²) in [5.41, 5.74) is 1.59. The van der Waals surface area contributed by atoms with E-state index in [0.717, 1.165) is 16.3 Å². The van der Waals surface area contributed by atoms with Crippen LogP contribution in [0.2, 0.25) is 0 Å². The number of benzene rings is 1. The van der Waals surface area contributed by atoms with Crippen LogP contribution in [0.5, 0.6) is 0 Å². The van der Waals surface area contributed by atoms with E-state index in [1.807, 2.05) is 12.1 Å². The minimum Gasteiger partial charge on any atom is -0.465 e. The molecular formula is C23H33N3O2S. The van der Waals surface area contributed by atoms with E-state index < -0.39 is 6.09 Å². The standard InChI is InChI=1S/C17H21N3O2S.C6H12/c21-17(22)18-12-4-5-14-15(10-12)23-16(19-14)11-8-13(9-11)20-6-2-1-3-7-20;1-2-4-6-5-3-1/h4-5,10-11,13,18H,1-3,6-9H2,(H,21,22);1-6H2/t11-,13+;. The van der Waals surface area contributed by atoms with Crippen LogP contribution >= 0.6 is 11.3 Å². The number of nitrogens with one attached hydrogen (secondary N) is 1. The summed E-state index contributed by atoms with van der Waals surface area (Å²) in [6.07, 6.45) is 14.5. The van der Waals surface area contributed by atoms with E-state index in [1.54, 1.807) is 17.4 Å². The van der Waals surface area contributed by atoms with Crippen molar-refractivity contribution in [2.75, 3.05) is 18.4 Å². The molecule has 3 aliphatic rings. The molecule has 0 radical (unpaired) electrons. The Balaban J connectivity index is 0.000000294. The van der Waals surface area contributed by atoms with Gasteiger partial charge in [-0.2, -0.15) is 0 Å². The Labute approximate surface area is 177 Å². The van der Waals surface area contributed by atoms with Crippen molar-refractivity contribution in [2.45, 2.75) is 82.6 Å². The predicted octanol–water partition coefficient (Wildman–Crippen LogP) is 6.46. The predicted molar refractivity (Wildman–Crippen MR) is 120 cm³/mol. The van der Waals surface area contributed by atoms with Crippen molar-refractivity contribution >= 4 is 33.3 Å². The molecule has 1 aliphatic heterocycles. The second-order valence-corrected chi connectivity index (χ2v) is 9.77. The van der Waals surface area contributed by atoms with Crippen LogP contribution in [-0.4, -0.2) is 40.2 Å². The molecule has 0 unspecified atom stereocenters. The molecule has 2 aliphatic carbocycles. The summed E-state index contributed by atoms with van der Waals surface area (Å²) in [6.45, 7) is 2.53. The Kier molecular flexibility index (Phi) is 7.03. The first-order valence-electron chi connectivity index (χ1n) is 11.3. The molecule has 0 spiro atoms. The number of likely N-dealkylation sites (tertiary alicyclic amines) is 1. The number of aromatic nitrogens is 1. The summed E-state index contributed by atoms with van der Waals surface area (Å²) < 4.78 is 1.06. The van der Waals surface area contributed by atoms with Gasteiger partial charge in [0, 0.05) is 17.6 Å². The molecule has 1 amide bonds. The molecule has 0 atom stereocenters. The van der Waals surface area contributed by atoms with Crippen molar-refractivity contribution in [3.05, 3.63) is 23.2 Å². The Hall–Kier alpha value is -1.66. The number of fused-ring (bicyclic) bond motifs is 1. The third-order valence-electron chi connectivity index (χ3n) is 6.53. The van der Waals surface area contributed by atoms with Gasteiger partial charge in [0.15, 0.2) is 0 Å². The number of anilines is 1. The number of piperidine rings is 1. The molecule has 3 fully saturated rings. The Bertz CT molecular complexity index is 794. The van der Waals surface area contributed by atoms with Gasteiger partial charge in [-0.1, -0.05) is 44.9 Å². The lowest BCUT2D eigenvalue weighted by Gasteiger charge is -2.43. The Morgan fingerprint density at radius 3 is 2.24 bits per heavy atom. The molecule has 0 bridgehead atoms. The van der Waals surface area contributed by atoms with Gasteiger partial charge >= 0.3 is 6.09 Å². The molecule has 2 heterocycles. The molecule has 5 nitrogen and oxygen atoms in total. The van der Waals surface area contributed by atoms with Gasteiger partial charge < -0.3 is 10.0 Å². The summed E-state index contributed by atoms with van der Waals surface area (Å²) in [6, 6.07) is 6.31. The van der Waals surface area contributed by atoms with Gasteiger partial charge in [0.1, 0.15) is 0 Å².